The van der Waals surface area contributed by atoms with Crippen LogP contribution in [0.4, 0.5) is 0 Å². The highest BCUT2D eigenvalue weighted by Crippen LogP contribution is 2.22. The molecule has 0 spiro atoms. The molecule has 30 heavy (non-hydrogen) atoms. The highest BCUT2D eigenvalue weighted by molar-refractivity contribution is 7.13. The van der Waals surface area contributed by atoms with Crippen molar-refractivity contribution in [2.75, 3.05) is 13.2 Å². The van der Waals surface area contributed by atoms with Gasteiger partial charge in [-0.3, -0.25) is 4.79 Å². The van der Waals surface area contributed by atoms with Gasteiger partial charge in [-0.15, -0.1) is 11.3 Å². The number of thiophene rings is 1. The minimum atomic E-state index is -0.111. The largest absolute Gasteiger partial charge is 0.484 e. The Kier molecular flexibility index (Phi) is 6.72. The molecule has 2 aromatic carbocycles. The Labute approximate surface area is 178 Å². The standard InChI is InChI=1S/C23H23N3O3S/c27-21(16-28-19-12-11-17-7-3-4-8-18(17)15-19)24-13-5-1-2-10-22-25-23(26-29-22)20-9-6-14-30-20/h3-4,6-9,11-12,14-15H,1-2,5,10,13,16H2,(H,24,27). The number of hydrogen-bond donors (Lipinski definition) is 1. The van der Waals surface area contributed by atoms with Gasteiger partial charge in [-0.2, -0.15) is 4.98 Å². The first-order valence-corrected chi connectivity index (χ1v) is 10.9. The van der Waals surface area contributed by atoms with Crippen molar-refractivity contribution in [1.82, 2.24) is 15.5 Å². The highest BCUT2D eigenvalue weighted by atomic mass is 32.1. The van der Waals surface area contributed by atoms with E-state index in [0.29, 0.717) is 24.0 Å². The number of aryl methyl sites for hydroxylation is 1. The molecular weight excluding hydrogens is 398 g/mol. The second kappa shape index (κ2) is 10.0. The molecule has 2 aromatic heterocycles. The first-order valence-electron chi connectivity index (χ1n) is 10.0. The molecule has 0 saturated carbocycles. The molecule has 0 aliphatic rings. The Bertz CT molecular complexity index is 1090. The van der Waals surface area contributed by atoms with Crippen LogP contribution in [0, 0.1) is 0 Å². The number of carbonyl (C=O) groups excluding carboxylic acids is 1. The quantitative estimate of drug-likeness (QED) is 0.370. The Hall–Kier alpha value is -3.19. The summed E-state index contributed by atoms with van der Waals surface area (Å²) in [4.78, 5) is 17.4. The Morgan fingerprint density at radius 1 is 1.03 bits per heavy atom. The lowest BCUT2D eigenvalue weighted by Gasteiger charge is -2.08. The molecule has 0 fully saturated rings. The van der Waals surface area contributed by atoms with Crippen LogP contribution in [0.1, 0.15) is 25.2 Å². The fourth-order valence-corrected chi connectivity index (χ4v) is 3.77. The second-order valence-corrected chi connectivity index (χ2v) is 7.89. The number of ether oxygens (including phenoxy) is 1. The summed E-state index contributed by atoms with van der Waals surface area (Å²) in [5.41, 5.74) is 0. The van der Waals surface area contributed by atoms with Gasteiger partial charge in [0, 0.05) is 13.0 Å². The van der Waals surface area contributed by atoms with Crippen LogP contribution in [0.15, 0.2) is 64.5 Å². The van der Waals surface area contributed by atoms with Crippen LogP contribution in [-0.2, 0) is 11.2 Å². The van der Waals surface area contributed by atoms with Crippen molar-refractivity contribution in [1.29, 1.82) is 0 Å². The molecule has 1 amide bonds. The lowest BCUT2D eigenvalue weighted by Crippen LogP contribution is -2.29. The van der Waals surface area contributed by atoms with Crippen LogP contribution in [0.2, 0.25) is 0 Å². The summed E-state index contributed by atoms with van der Waals surface area (Å²) in [5, 5.41) is 11.1. The molecule has 0 aliphatic heterocycles. The van der Waals surface area contributed by atoms with Gasteiger partial charge >= 0.3 is 0 Å². The lowest BCUT2D eigenvalue weighted by atomic mass is 10.1. The van der Waals surface area contributed by atoms with Crippen molar-refractivity contribution in [3.8, 4) is 16.5 Å². The van der Waals surface area contributed by atoms with E-state index < -0.39 is 0 Å². The molecule has 7 heteroatoms. The summed E-state index contributed by atoms with van der Waals surface area (Å²) in [7, 11) is 0. The SMILES string of the molecule is O=C(COc1ccc2ccccc2c1)NCCCCCc1nc(-c2cccs2)no1. The maximum Gasteiger partial charge on any atom is 0.257 e. The first-order chi connectivity index (χ1) is 14.8. The molecule has 0 saturated heterocycles. The van der Waals surface area contributed by atoms with E-state index >= 15 is 0 Å². The van der Waals surface area contributed by atoms with Gasteiger partial charge in [0.1, 0.15) is 5.75 Å². The van der Waals surface area contributed by atoms with Crippen LogP contribution < -0.4 is 10.1 Å². The second-order valence-electron chi connectivity index (χ2n) is 6.95. The molecule has 0 aliphatic carbocycles. The zero-order valence-corrected chi connectivity index (χ0v) is 17.4. The third kappa shape index (κ3) is 5.45. The zero-order valence-electron chi connectivity index (χ0n) is 16.5. The number of unbranched alkanes of at least 4 members (excludes halogenated alkanes) is 2. The molecule has 4 rings (SSSR count). The van der Waals surface area contributed by atoms with Crippen molar-refractivity contribution in [2.24, 2.45) is 0 Å². The van der Waals surface area contributed by atoms with E-state index in [1.807, 2.05) is 60.0 Å². The average molecular weight is 422 g/mol. The Morgan fingerprint density at radius 2 is 1.93 bits per heavy atom. The van der Waals surface area contributed by atoms with Gasteiger partial charge in [0.2, 0.25) is 11.7 Å². The molecule has 0 unspecified atom stereocenters. The summed E-state index contributed by atoms with van der Waals surface area (Å²) < 4.78 is 10.9. The van der Waals surface area contributed by atoms with Gasteiger partial charge in [0.05, 0.1) is 4.88 Å². The van der Waals surface area contributed by atoms with Crippen LogP contribution in [0.5, 0.6) is 5.75 Å². The summed E-state index contributed by atoms with van der Waals surface area (Å²) in [5.74, 6) is 1.90. The lowest BCUT2D eigenvalue weighted by molar-refractivity contribution is -0.123. The topological polar surface area (TPSA) is 77.2 Å². The third-order valence-electron chi connectivity index (χ3n) is 4.69. The molecule has 0 radical (unpaired) electrons. The number of amides is 1. The predicted molar refractivity (Wildman–Crippen MR) is 118 cm³/mol. The van der Waals surface area contributed by atoms with Gasteiger partial charge in [-0.25, -0.2) is 0 Å². The van der Waals surface area contributed by atoms with E-state index in [9.17, 15) is 4.79 Å². The van der Waals surface area contributed by atoms with Crippen LogP contribution >= 0.6 is 11.3 Å². The predicted octanol–water partition coefficient (Wildman–Crippen LogP) is 4.86. The van der Waals surface area contributed by atoms with Crippen LogP contribution in [0.25, 0.3) is 21.5 Å². The normalized spacial score (nSPS) is 10.9. The van der Waals surface area contributed by atoms with E-state index in [0.717, 1.165) is 41.3 Å². The smallest absolute Gasteiger partial charge is 0.257 e. The first kappa shape index (κ1) is 20.1. The fraction of sp³-hybridized carbons (Fsp3) is 0.261. The van der Waals surface area contributed by atoms with Crippen molar-refractivity contribution < 1.29 is 14.1 Å². The maximum atomic E-state index is 12.0. The Morgan fingerprint density at radius 3 is 2.80 bits per heavy atom. The van der Waals surface area contributed by atoms with E-state index in [2.05, 4.69) is 15.5 Å². The van der Waals surface area contributed by atoms with E-state index in [-0.39, 0.29) is 12.5 Å². The van der Waals surface area contributed by atoms with Gasteiger partial charge < -0.3 is 14.6 Å². The summed E-state index contributed by atoms with van der Waals surface area (Å²) in [6.07, 6.45) is 3.56. The summed E-state index contributed by atoms with van der Waals surface area (Å²) in [6, 6.07) is 17.8. The van der Waals surface area contributed by atoms with E-state index in [1.165, 1.54) is 0 Å². The van der Waals surface area contributed by atoms with Crippen molar-refractivity contribution >= 4 is 28.0 Å². The summed E-state index contributed by atoms with van der Waals surface area (Å²) >= 11 is 1.59. The number of nitrogens with one attached hydrogen (secondary N) is 1. The van der Waals surface area contributed by atoms with Crippen molar-refractivity contribution in [2.45, 2.75) is 25.7 Å². The van der Waals surface area contributed by atoms with Gasteiger partial charge in [0.25, 0.3) is 5.91 Å². The van der Waals surface area contributed by atoms with E-state index in [1.54, 1.807) is 11.3 Å². The fourth-order valence-electron chi connectivity index (χ4n) is 3.13. The van der Waals surface area contributed by atoms with Crippen molar-refractivity contribution in [3.63, 3.8) is 0 Å². The monoisotopic (exact) mass is 421 g/mol. The number of benzene rings is 2. The summed E-state index contributed by atoms with van der Waals surface area (Å²) in [6.45, 7) is 0.649. The molecule has 2 heterocycles. The number of rotatable bonds is 10. The molecule has 154 valence electrons. The Balaban J connectivity index is 1.10. The average Bonchev–Trinajstić information content (AvgIpc) is 3.46. The van der Waals surface area contributed by atoms with Crippen molar-refractivity contribution in [3.05, 3.63) is 65.9 Å². The minimum absolute atomic E-state index is 0.0197. The number of nitrogens with zero attached hydrogens (tertiary/aromatic N) is 2. The molecule has 0 atom stereocenters. The molecule has 4 aromatic rings. The minimum Gasteiger partial charge on any atom is -0.484 e. The number of carbonyl (C=O) groups is 1. The maximum absolute atomic E-state index is 12.0. The number of fused-ring (bicyclic) bond motifs is 1. The molecule has 0 bridgehead atoms. The van der Waals surface area contributed by atoms with E-state index in [4.69, 9.17) is 9.26 Å². The number of hydrogen-bond acceptors (Lipinski definition) is 6. The molecule has 6 nitrogen and oxygen atoms in total. The van der Waals surface area contributed by atoms with Gasteiger partial charge in [-0.1, -0.05) is 48.0 Å². The van der Waals surface area contributed by atoms with Crippen LogP contribution in [0.3, 0.4) is 0 Å². The number of aromatic nitrogens is 2. The molecule has 1 N–H and O–H groups in total. The van der Waals surface area contributed by atoms with Crippen LogP contribution in [-0.4, -0.2) is 29.2 Å². The third-order valence-corrected chi connectivity index (χ3v) is 5.56. The highest BCUT2D eigenvalue weighted by Gasteiger charge is 2.09. The molecular formula is C23H23N3O3S. The van der Waals surface area contributed by atoms with Gasteiger partial charge in [0.15, 0.2) is 6.61 Å². The van der Waals surface area contributed by atoms with Gasteiger partial charge in [-0.05, 0) is 47.2 Å². The zero-order chi connectivity index (χ0) is 20.6.